The van der Waals surface area contributed by atoms with Gasteiger partial charge in [0.05, 0.1) is 5.92 Å². The van der Waals surface area contributed by atoms with Gasteiger partial charge in [-0.05, 0) is 41.7 Å². The highest BCUT2D eigenvalue weighted by Gasteiger charge is 2.52. The fourth-order valence-corrected chi connectivity index (χ4v) is 4.51. The number of amidine groups is 1. The lowest BCUT2D eigenvalue weighted by Gasteiger charge is -2.29. The Morgan fingerprint density at radius 3 is 2.26 bits per heavy atom. The van der Waals surface area contributed by atoms with Crippen LogP contribution in [0.25, 0.3) is 0 Å². The monoisotopic (exact) mass is 455 g/mol. The van der Waals surface area contributed by atoms with Crippen LogP contribution < -0.4 is 10.6 Å². The van der Waals surface area contributed by atoms with Gasteiger partial charge in [-0.25, -0.2) is 0 Å². The molecule has 0 bridgehead atoms. The molecule has 6 nitrogen and oxygen atoms in total. The number of carbonyl (C=O) groups excluding carboxylic acids is 2. The Morgan fingerprint density at radius 2 is 1.65 bits per heavy atom. The van der Waals surface area contributed by atoms with E-state index in [9.17, 15) is 9.59 Å². The highest BCUT2D eigenvalue weighted by molar-refractivity contribution is 6.16. The van der Waals surface area contributed by atoms with Crippen molar-refractivity contribution in [2.24, 2.45) is 5.92 Å². The molecule has 0 aliphatic carbocycles. The summed E-state index contributed by atoms with van der Waals surface area (Å²) in [5, 5.41) is 14.8. The van der Waals surface area contributed by atoms with E-state index in [2.05, 4.69) is 10.6 Å². The second-order valence-corrected chi connectivity index (χ2v) is 8.44. The maximum Gasteiger partial charge on any atom is 0.251 e. The fourth-order valence-electron chi connectivity index (χ4n) is 4.51. The first-order valence-electron chi connectivity index (χ1n) is 11.4. The predicted octanol–water partition coefficient (Wildman–Crippen LogP) is 3.70. The summed E-state index contributed by atoms with van der Waals surface area (Å²) in [5.41, 5.74) is 1.88. The molecule has 3 aromatic rings. The third-order valence-corrected chi connectivity index (χ3v) is 6.21. The maximum atomic E-state index is 14.0. The summed E-state index contributed by atoms with van der Waals surface area (Å²) in [7, 11) is 1.63. The summed E-state index contributed by atoms with van der Waals surface area (Å²) >= 11 is 0. The lowest BCUT2D eigenvalue weighted by Crippen LogP contribution is -2.44. The Labute approximate surface area is 199 Å². The molecule has 3 N–H and O–H groups in total. The number of hydrogen-bond donors (Lipinski definition) is 3. The van der Waals surface area contributed by atoms with Crippen LogP contribution in [0.15, 0.2) is 84.9 Å². The number of benzene rings is 3. The quantitative estimate of drug-likeness (QED) is 0.429. The van der Waals surface area contributed by atoms with Crippen LogP contribution in [0.4, 0.5) is 0 Å². The largest absolute Gasteiger partial charge is 0.385 e. The SMILES string of the molecule is COCCCNC(=O)c1cccc(CC2C(=N)NC(c3ccccc3)(c3ccccc3)C2=O)c1. The minimum absolute atomic E-state index is 0.0654. The van der Waals surface area contributed by atoms with Gasteiger partial charge in [0.25, 0.3) is 5.91 Å². The van der Waals surface area contributed by atoms with Crippen molar-refractivity contribution in [3.8, 4) is 0 Å². The number of hydrogen-bond acceptors (Lipinski definition) is 4. The van der Waals surface area contributed by atoms with Crippen molar-refractivity contribution in [2.75, 3.05) is 20.3 Å². The molecule has 34 heavy (non-hydrogen) atoms. The summed E-state index contributed by atoms with van der Waals surface area (Å²) in [6.07, 6.45) is 1.08. The Bertz CT molecular complexity index is 1120. The number of rotatable bonds is 9. The highest BCUT2D eigenvalue weighted by Crippen LogP contribution is 2.38. The van der Waals surface area contributed by atoms with Crippen LogP contribution in [-0.4, -0.2) is 37.8 Å². The molecule has 0 spiro atoms. The number of nitrogens with one attached hydrogen (secondary N) is 3. The second-order valence-electron chi connectivity index (χ2n) is 8.44. The second kappa shape index (κ2) is 10.4. The van der Waals surface area contributed by atoms with Crippen molar-refractivity contribution < 1.29 is 14.3 Å². The van der Waals surface area contributed by atoms with E-state index < -0.39 is 11.5 Å². The van der Waals surface area contributed by atoms with Gasteiger partial charge < -0.3 is 15.4 Å². The minimum Gasteiger partial charge on any atom is -0.385 e. The number of ether oxygens (including phenoxy) is 1. The standard InChI is InChI=1S/C28H29N3O3/c1-34-17-9-16-30-27(33)21-11-8-10-20(18-21)19-24-25(32)28(31-26(24)29,22-12-4-2-5-13-22)23-14-6-3-7-15-23/h2-8,10-15,18,24H,9,16-17,19H2,1H3,(H2,29,31)(H,30,33). The number of Topliss-reactive ketones (excluding diaryl/α,β-unsaturated/α-hetero) is 1. The van der Waals surface area contributed by atoms with Crippen molar-refractivity contribution in [1.82, 2.24) is 10.6 Å². The number of ketones is 1. The molecule has 1 saturated heterocycles. The smallest absolute Gasteiger partial charge is 0.251 e. The van der Waals surface area contributed by atoms with Gasteiger partial charge in [0.1, 0.15) is 11.4 Å². The number of carbonyl (C=O) groups is 2. The van der Waals surface area contributed by atoms with Gasteiger partial charge in [-0.1, -0.05) is 72.8 Å². The normalized spacial score (nSPS) is 16.8. The van der Waals surface area contributed by atoms with E-state index in [0.29, 0.717) is 25.1 Å². The molecule has 1 heterocycles. The molecule has 0 aromatic heterocycles. The first kappa shape index (κ1) is 23.4. The van der Waals surface area contributed by atoms with Gasteiger partial charge in [0.2, 0.25) is 0 Å². The van der Waals surface area contributed by atoms with E-state index in [0.717, 1.165) is 23.1 Å². The van der Waals surface area contributed by atoms with E-state index in [1.54, 1.807) is 19.2 Å². The fraction of sp³-hybridized carbons (Fsp3) is 0.250. The van der Waals surface area contributed by atoms with Gasteiger partial charge in [-0.3, -0.25) is 15.0 Å². The van der Waals surface area contributed by atoms with Gasteiger partial charge in [-0.15, -0.1) is 0 Å². The molecule has 1 aliphatic rings. The molecular formula is C28H29N3O3. The molecule has 0 saturated carbocycles. The van der Waals surface area contributed by atoms with Crippen LogP contribution in [0.5, 0.6) is 0 Å². The third-order valence-electron chi connectivity index (χ3n) is 6.21. The molecular weight excluding hydrogens is 426 g/mol. The molecule has 1 amide bonds. The zero-order valence-electron chi connectivity index (χ0n) is 19.2. The van der Waals surface area contributed by atoms with Crippen LogP contribution in [0.3, 0.4) is 0 Å². The summed E-state index contributed by atoms with van der Waals surface area (Å²) < 4.78 is 5.01. The van der Waals surface area contributed by atoms with Crippen molar-refractivity contribution in [1.29, 1.82) is 5.41 Å². The molecule has 1 atom stereocenters. The van der Waals surface area contributed by atoms with Gasteiger partial charge >= 0.3 is 0 Å². The third kappa shape index (κ3) is 4.63. The van der Waals surface area contributed by atoms with E-state index in [1.807, 2.05) is 72.8 Å². The Hall–Kier alpha value is -3.77. The first-order chi connectivity index (χ1) is 16.6. The first-order valence-corrected chi connectivity index (χ1v) is 11.4. The van der Waals surface area contributed by atoms with E-state index in [1.165, 1.54) is 0 Å². The Morgan fingerprint density at radius 1 is 1.00 bits per heavy atom. The van der Waals surface area contributed by atoms with Crippen molar-refractivity contribution in [3.63, 3.8) is 0 Å². The lowest BCUT2D eigenvalue weighted by molar-refractivity contribution is -0.124. The number of methoxy groups -OCH3 is 1. The molecule has 174 valence electrons. The maximum absolute atomic E-state index is 14.0. The summed E-state index contributed by atoms with van der Waals surface area (Å²) in [6, 6.07) is 26.4. The van der Waals surface area contributed by atoms with Gasteiger partial charge in [-0.2, -0.15) is 0 Å². The Kier molecular flexibility index (Phi) is 7.18. The predicted molar refractivity (Wildman–Crippen MR) is 132 cm³/mol. The zero-order chi connectivity index (χ0) is 24.0. The molecule has 1 unspecified atom stereocenters. The zero-order valence-corrected chi connectivity index (χ0v) is 19.2. The molecule has 3 aromatic carbocycles. The molecule has 6 heteroatoms. The Balaban J connectivity index is 1.59. The van der Waals surface area contributed by atoms with Crippen LogP contribution in [0.2, 0.25) is 0 Å². The molecule has 4 rings (SSSR count). The van der Waals surface area contributed by atoms with Gasteiger partial charge in [0.15, 0.2) is 5.78 Å². The molecule has 1 aliphatic heterocycles. The highest BCUT2D eigenvalue weighted by atomic mass is 16.5. The molecule has 0 radical (unpaired) electrons. The topological polar surface area (TPSA) is 91.3 Å². The van der Waals surface area contributed by atoms with E-state index >= 15 is 0 Å². The van der Waals surface area contributed by atoms with Crippen LogP contribution in [-0.2, 0) is 21.5 Å². The number of amides is 1. The van der Waals surface area contributed by atoms with E-state index in [-0.39, 0.29) is 17.5 Å². The van der Waals surface area contributed by atoms with Gasteiger partial charge in [0, 0.05) is 25.8 Å². The van der Waals surface area contributed by atoms with Crippen LogP contribution >= 0.6 is 0 Å². The molecule has 1 fully saturated rings. The lowest BCUT2D eigenvalue weighted by atomic mass is 9.77. The van der Waals surface area contributed by atoms with Crippen LogP contribution in [0, 0.1) is 11.3 Å². The summed E-state index contributed by atoms with van der Waals surface area (Å²) in [5.74, 6) is -0.677. The average molecular weight is 456 g/mol. The van der Waals surface area contributed by atoms with Crippen LogP contribution in [0.1, 0.15) is 33.5 Å². The van der Waals surface area contributed by atoms with Crippen molar-refractivity contribution in [2.45, 2.75) is 18.4 Å². The average Bonchev–Trinajstić information content (AvgIpc) is 3.13. The van der Waals surface area contributed by atoms with Crippen molar-refractivity contribution >= 4 is 17.5 Å². The summed E-state index contributed by atoms with van der Waals surface area (Å²) in [6.45, 7) is 1.12. The van der Waals surface area contributed by atoms with Crippen molar-refractivity contribution in [3.05, 3.63) is 107 Å². The summed E-state index contributed by atoms with van der Waals surface area (Å²) in [4.78, 5) is 26.5. The minimum atomic E-state index is -1.11. The van der Waals surface area contributed by atoms with E-state index in [4.69, 9.17) is 10.1 Å².